The minimum absolute atomic E-state index is 0.149. The second-order valence-corrected chi connectivity index (χ2v) is 9.29. The zero-order valence-electron chi connectivity index (χ0n) is 20.3. The molecule has 1 saturated heterocycles. The van der Waals surface area contributed by atoms with Crippen LogP contribution in [-0.4, -0.2) is 57.8 Å². The molecule has 0 aliphatic carbocycles. The van der Waals surface area contributed by atoms with Crippen molar-refractivity contribution < 1.29 is 23.4 Å². The van der Waals surface area contributed by atoms with Crippen LogP contribution >= 0.6 is 0 Å². The number of carbonyl (C=O) groups is 2. The summed E-state index contributed by atoms with van der Waals surface area (Å²) in [6.07, 6.45) is 4.09. The molecular formula is C26H28FN5O4. The molecule has 1 aromatic carbocycles. The number of amides is 2. The van der Waals surface area contributed by atoms with E-state index in [1.165, 1.54) is 55.0 Å². The summed E-state index contributed by atoms with van der Waals surface area (Å²) < 4.78 is 19.3. The highest BCUT2D eigenvalue weighted by atomic mass is 19.1. The molecule has 1 fully saturated rings. The van der Waals surface area contributed by atoms with Gasteiger partial charge in [0.1, 0.15) is 23.1 Å². The predicted molar refractivity (Wildman–Crippen MR) is 131 cm³/mol. The fourth-order valence-electron chi connectivity index (χ4n) is 4.16. The van der Waals surface area contributed by atoms with Gasteiger partial charge in [-0.2, -0.15) is 4.73 Å². The third-order valence-electron chi connectivity index (χ3n) is 6.19. The summed E-state index contributed by atoms with van der Waals surface area (Å²) >= 11 is 0. The first kappa shape index (κ1) is 25.1. The SMILES string of the molecule is CC(C(=O)Nc1ccc(Oc2ccc(F)cc2)cn1)N1CCN(C(=O)c2cc[n+]([O-])cc2)C(C)(C)C1. The summed E-state index contributed by atoms with van der Waals surface area (Å²) in [4.78, 5) is 34.0. The number of rotatable bonds is 6. The van der Waals surface area contributed by atoms with Crippen molar-refractivity contribution >= 4 is 17.6 Å². The molecular weight excluding hydrogens is 465 g/mol. The van der Waals surface area contributed by atoms with Crippen molar-refractivity contribution in [2.45, 2.75) is 32.4 Å². The topological polar surface area (TPSA) is 102 Å². The first-order valence-corrected chi connectivity index (χ1v) is 11.6. The van der Waals surface area contributed by atoms with E-state index in [4.69, 9.17) is 4.74 Å². The summed E-state index contributed by atoms with van der Waals surface area (Å²) in [5.41, 5.74) is -0.0718. The molecule has 2 aromatic heterocycles. The maximum Gasteiger partial charge on any atom is 0.254 e. The molecule has 4 rings (SSSR count). The Morgan fingerprint density at radius 1 is 1.08 bits per heavy atom. The van der Waals surface area contributed by atoms with Crippen LogP contribution in [0.5, 0.6) is 11.5 Å². The number of pyridine rings is 2. The van der Waals surface area contributed by atoms with Gasteiger partial charge >= 0.3 is 0 Å². The number of nitrogens with zero attached hydrogens (tertiary/aromatic N) is 4. The van der Waals surface area contributed by atoms with Gasteiger partial charge in [-0.25, -0.2) is 9.37 Å². The van der Waals surface area contributed by atoms with Crippen molar-refractivity contribution in [1.82, 2.24) is 14.8 Å². The lowest BCUT2D eigenvalue weighted by Crippen LogP contribution is -2.63. The Hall–Kier alpha value is -4.05. The predicted octanol–water partition coefficient (Wildman–Crippen LogP) is 3.21. The van der Waals surface area contributed by atoms with Crippen LogP contribution in [0.1, 0.15) is 31.1 Å². The fourth-order valence-corrected chi connectivity index (χ4v) is 4.16. The van der Waals surface area contributed by atoms with E-state index in [0.717, 1.165) is 0 Å². The Morgan fingerprint density at radius 3 is 2.36 bits per heavy atom. The Kier molecular flexibility index (Phi) is 7.16. The molecule has 0 spiro atoms. The number of benzene rings is 1. The number of hydrogen-bond acceptors (Lipinski definition) is 6. The maximum absolute atomic E-state index is 13.0. The van der Waals surface area contributed by atoms with E-state index in [-0.39, 0.29) is 17.6 Å². The molecule has 1 aliphatic heterocycles. The molecule has 1 aliphatic rings. The number of piperazine rings is 1. The summed E-state index contributed by atoms with van der Waals surface area (Å²) in [6, 6.07) is 11.5. The number of hydrogen-bond donors (Lipinski definition) is 1. The van der Waals surface area contributed by atoms with Crippen molar-refractivity contribution in [3.63, 3.8) is 0 Å². The van der Waals surface area contributed by atoms with Crippen LogP contribution in [0.15, 0.2) is 67.1 Å². The lowest BCUT2D eigenvalue weighted by molar-refractivity contribution is -0.605. The van der Waals surface area contributed by atoms with Crippen molar-refractivity contribution in [3.8, 4) is 11.5 Å². The minimum Gasteiger partial charge on any atom is -0.619 e. The third kappa shape index (κ3) is 5.77. The van der Waals surface area contributed by atoms with Gasteiger partial charge in [0.25, 0.3) is 5.91 Å². The van der Waals surface area contributed by atoms with E-state index in [0.29, 0.717) is 47.2 Å². The second kappa shape index (κ2) is 10.3. The van der Waals surface area contributed by atoms with Crippen LogP contribution in [0.4, 0.5) is 10.2 Å². The average molecular weight is 494 g/mol. The third-order valence-corrected chi connectivity index (χ3v) is 6.19. The van der Waals surface area contributed by atoms with Crippen LogP contribution < -0.4 is 14.8 Å². The van der Waals surface area contributed by atoms with E-state index in [1.807, 2.05) is 25.7 Å². The Morgan fingerprint density at radius 2 is 1.75 bits per heavy atom. The smallest absolute Gasteiger partial charge is 0.254 e. The molecule has 0 saturated carbocycles. The van der Waals surface area contributed by atoms with E-state index in [1.54, 1.807) is 17.0 Å². The molecule has 3 heterocycles. The second-order valence-electron chi connectivity index (χ2n) is 9.29. The van der Waals surface area contributed by atoms with E-state index >= 15 is 0 Å². The molecule has 9 nitrogen and oxygen atoms in total. The number of carbonyl (C=O) groups excluding carboxylic acids is 2. The van der Waals surface area contributed by atoms with Crippen molar-refractivity contribution in [2.75, 3.05) is 25.0 Å². The van der Waals surface area contributed by atoms with Crippen molar-refractivity contribution in [2.24, 2.45) is 0 Å². The minimum atomic E-state index is -0.523. The van der Waals surface area contributed by atoms with Gasteiger partial charge in [-0.3, -0.25) is 14.5 Å². The monoisotopic (exact) mass is 493 g/mol. The highest BCUT2D eigenvalue weighted by molar-refractivity contribution is 5.95. The maximum atomic E-state index is 13.0. The number of nitrogens with one attached hydrogen (secondary N) is 1. The lowest BCUT2D eigenvalue weighted by Gasteiger charge is -2.48. The summed E-state index contributed by atoms with van der Waals surface area (Å²) in [6.45, 7) is 7.21. The van der Waals surface area contributed by atoms with Gasteiger partial charge in [0.2, 0.25) is 5.91 Å². The normalized spacial score (nSPS) is 16.3. The van der Waals surface area contributed by atoms with E-state index < -0.39 is 11.6 Å². The fraction of sp³-hybridized carbons (Fsp3) is 0.308. The zero-order chi connectivity index (χ0) is 25.9. The molecule has 2 amide bonds. The number of aromatic nitrogens is 2. The van der Waals surface area contributed by atoms with Gasteiger partial charge in [0.15, 0.2) is 12.4 Å². The molecule has 0 bridgehead atoms. The van der Waals surface area contributed by atoms with Gasteiger partial charge in [0, 0.05) is 31.8 Å². The van der Waals surface area contributed by atoms with Crippen LogP contribution in [-0.2, 0) is 4.79 Å². The van der Waals surface area contributed by atoms with Crippen LogP contribution in [0.25, 0.3) is 0 Å². The molecule has 3 aromatic rings. The van der Waals surface area contributed by atoms with E-state index in [9.17, 15) is 19.2 Å². The van der Waals surface area contributed by atoms with Crippen molar-refractivity contribution in [1.29, 1.82) is 0 Å². The first-order chi connectivity index (χ1) is 17.1. The highest BCUT2D eigenvalue weighted by Crippen LogP contribution is 2.25. The molecule has 1 N–H and O–H groups in total. The molecule has 10 heteroatoms. The van der Waals surface area contributed by atoms with Crippen LogP contribution in [0.2, 0.25) is 0 Å². The quantitative estimate of drug-likeness (QED) is 0.418. The first-order valence-electron chi connectivity index (χ1n) is 11.6. The Bertz CT molecular complexity index is 1220. The lowest BCUT2D eigenvalue weighted by atomic mass is 9.96. The van der Waals surface area contributed by atoms with Crippen molar-refractivity contribution in [3.05, 3.63) is 83.7 Å². The van der Waals surface area contributed by atoms with Gasteiger partial charge in [-0.15, -0.1) is 0 Å². The van der Waals surface area contributed by atoms with Crippen LogP contribution in [0.3, 0.4) is 0 Å². The van der Waals surface area contributed by atoms with E-state index in [2.05, 4.69) is 10.3 Å². The van der Waals surface area contributed by atoms with Crippen LogP contribution in [0, 0.1) is 11.0 Å². The molecule has 0 radical (unpaired) electrons. The summed E-state index contributed by atoms with van der Waals surface area (Å²) in [7, 11) is 0. The largest absolute Gasteiger partial charge is 0.619 e. The number of anilines is 1. The standard InChI is InChI=1S/C26H28FN5O4/c1-18(24(33)29-23-9-8-22(16-28-23)36-21-6-4-20(27)5-7-21)30-14-15-32(26(2,3)17-30)25(34)19-10-12-31(35)13-11-19/h4-13,16,18H,14-15,17H2,1-3H3,(H,28,29,33). The molecule has 188 valence electrons. The highest BCUT2D eigenvalue weighted by Gasteiger charge is 2.39. The molecule has 36 heavy (non-hydrogen) atoms. The van der Waals surface area contributed by atoms with Gasteiger partial charge in [-0.1, -0.05) is 0 Å². The van der Waals surface area contributed by atoms with Gasteiger partial charge in [-0.05, 0) is 57.2 Å². The summed E-state index contributed by atoms with van der Waals surface area (Å²) in [5.74, 6) is 0.603. The zero-order valence-corrected chi connectivity index (χ0v) is 20.3. The summed E-state index contributed by atoms with van der Waals surface area (Å²) in [5, 5.41) is 14.1. The Balaban J connectivity index is 1.34. The van der Waals surface area contributed by atoms with Gasteiger partial charge < -0.3 is 20.2 Å². The molecule has 1 atom stereocenters. The van der Waals surface area contributed by atoms with Gasteiger partial charge in [0.05, 0.1) is 23.3 Å². The molecule has 1 unspecified atom stereocenters. The average Bonchev–Trinajstić information content (AvgIpc) is 2.85. The number of ether oxygens (including phenoxy) is 1. The Labute approximate surface area is 208 Å². The number of halogens is 1.